The summed E-state index contributed by atoms with van der Waals surface area (Å²) >= 11 is 1.61. The number of likely N-dealkylation sites (tertiary alicyclic amines) is 1. The van der Waals surface area contributed by atoms with Crippen molar-refractivity contribution in [2.75, 3.05) is 18.8 Å². The Labute approximate surface area is 135 Å². The summed E-state index contributed by atoms with van der Waals surface area (Å²) in [5.41, 5.74) is -0.221. The first-order valence-corrected chi connectivity index (χ1v) is 8.48. The molecule has 1 aliphatic rings. The van der Waals surface area contributed by atoms with Crippen LogP contribution >= 0.6 is 11.8 Å². The van der Waals surface area contributed by atoms with Crippen LogP contribution in [0.5, 0.6) is 0 Å². The van der Waals surface area contributed by atoms with Crippen LogP contribution in [-0.4, -0.2) is 46.1 Å². The Morgan fingerprint density at radius 2 is 2.23 bits per heavy atom. The van der Waals surface area contributed by atoms with Crippen molar-refractivity contribution in [3.8, 4) is 0 Å². The average Bonchev–Trinajstić information content (AvgIpc) is 2.87. The van der Waals surface area contributed by atoms with E-state index in [1.807, 2.05) is 39.0 Å². The van der Waals surface area contributed by atoms with Gasteiger partial charge in [0.25, 0.3) is 0 Å². The lowest BCUT2D eigenvalue weighted by Gasteiger charge is -2.31. The minimum Gasteiger partial charge on any atom is -0.355 e. The van der Waals surface area contributed by atoms with E-state index in [2.05, 4.69) is 10.3 Å². The van der Waals surface area contributed by atoms with Crippen LogP contribution in [0, 0.1) is 5.92 Å². The Kier molecular flexibility index (Phi) is 5.45. The summed E-state index contributed by atoms with van der Waals surface area (Å²) in [5, 5.41) is 3.87. The molecule has 1 N–H and O–H groups in total. The van der Waals surface area contributed by atoms with E-state index in [0.29, 0.717) is 19.5 Å². The van der Waals surface area contributed by atoms with Crippen LogP contribution in [0.3, 0.4) is 0 Å². The van der Waals surface area contributed by atoms with Crippen LogP contribution in [0.4, 0.5) is 0 Å². The van der Waals surface area contributed by atoms with Crippen molar-refractivity contribution in [3.63, 3.8) is 0 Å². The van der Waals surface area contributed by atoms with Gasteiger partial charge in [0.15, 0.2) is 0 Å². The molecule has 5 nitrogen and oxygen atoms in total. The standard InChI is InChI=1S/C16H23N3O2S/c1-16(2,3)19-11-12(10-14(19)20)15(21)18-8-9-22-13-6-4-5-7-17-13/h4-7,12H,8-11H2,1-3H3,(H,18,21)/t12-/m0/s1. The maximum absolute atomic E-state index is 12.2. The Hall–Kier alpha value is -1.56. The molecule has 1 aliphatic heterocycles. The fourth-order valence-corrected chi connectivity index (χ4v) is 3.16. The Bertz CT molecular complexity index is 528. The molecule has 1 aromatic heterocycles. The van der Waals surface area contributed by atoms with Gasteiger partial charge in [0.05, 0.1) is 10.9 Å². The summed E-state index contributed by atoms with van der Waals surface area (Å²) in [6.07, 6.45) is 2.07. The van der Waals surface area contributed by atoms with Gasteiger partial charge < -0.3 is 10.2 Å². The molecule has 0 radical (unpaired) electrons. The summed E-state index contributed by atoms with van der Waals surface area (Å²) in [4.78, 5) is 30.2. The van der Waals surface area contributed by atoms with Crippen molar-refractivity contribution in [2.45, 2.75) is 37.8 Å². The molecule has 0 spiro atoms. The second kappa shape index (κ2) is 7.13. The van der Waals surface area contributed by atoms with E-state index in [-0.39, 0.29) is 23.3 Å². The van der Waals surface area contributed by atoms with E-state index in [1.165, 1.54) is 0 Å². The predicted octanol–water partition coefficient (Wildman–Crippen LogP) is 1.94. The molecular formula is C16H23N3O2S. The molecule has 1 atom stereocenters. The SMILES string of the molecule is CC(C)(C)N1C[C@@H](C(=O)NCCSc2ccccn2)CC1=O. The molecule has 2 rings (SSSR count). The van der Waals surface area contributed by atoms with Gasteiger partial charge in [-0.25, -0.2) is 4.98 Å². The molecule has 1 saturated heterocycles. The molecule has 1 fully saturated rings. The Morgan fingerprint density at radius 3 is 2.82 bits per heavy atom. The second-order valence-corrected chi connectivity index (χ2v) is 7.50. The van der Waals surface area contributed by atoms with Gasteiger partial charge in [-0.15, -0.1) is 11.8 Å². The molecule has 22 heavy (non-hydrogen) atoms. The van der Waals surface area contributed by atoms with Crippen LogP contribution < -0.4 is 5.32 Å². The molecule has 120 valence electrons. The molecule has 0 aliphatic carbocycles. The number of thioether (sulfide) groups is 1. The van der Waals surface area contributed by atoms with Crippen LogP contribution in [0.1, 0.15) is 27.2 Å². The monoisotopic (exact) mass is 321 g/mol. The van der Waals surface area contributed by atoms with Gasteiger partial charge in [-0.3, -0.25) is 9.59 Å². The zero-order valence-electron chi connectivity index (χ0n) is 13.3. The van der Waals surface area contributed by atoms with Gasteiger partial charge in [-0.1, -0.05) is 6.07 Å². The molecule has 0 aromatic carbocycles. The fourth-order valence-electron chi connectivity index (χ4n) is 2.44. The van der Waals surface area contributed by atoms with Gasteiger partial charge in [0.2, 0.25) is 11.8 Å². The number of carbonyl (C=O) groups is 2. The molecule has 0 bridgehead atoms. The lowest BCUT2D eigenvalue weighted by Crippen LogP contribution is -2.43. The smallest absolute Gasteiger partial charge is 0.225 e. The van der Waals surface area contributed by atoms with Gasteiger partial charge in [0.1, 0.15) is 0 Å². The minimum atomic E-state index is -0.230. The van der Waals surface area contributed by atoms with Crippen molar-refractivity contribution in [3.05, 3.63) is 24.4 Å². The minimum absolute atomic E-state index is 0.0262. The third-order valence-corrected chi connectivity index (χ3v) is 4.54. The molecule has 0 saturated carbocycles. The summed E-state index contributed by atoms with van der Waals surface area (Å²) in [5.74, 6) is 0.579. The highest BCUT2D eigenvalue weighted by Gasteiger charge is 2.39. The van der Waals surface area contributed by atoms with E-state index in [1.54, 1.807) is 22.9 Å². The van der Waals surface area contributed by atoms with Gasteiger partial charge in [-0.05, 0) is 32.9 Å². The van der Waals surface area contributed by atoms with Crippen molar-refractivity contribution in [1.82, 2.24) is 15.2 Å². The lowest BCUT2D eigenvalue weighted by atomic mass is 10.1. The average molecular weight is 321 g/mol. The number of hydrogen-bond donors (Lipinski definition) is 1. The first kappa shape index (κ1) is 16.8. The number of pyridine rings is 1. The lowest BCUT2D eigenvalue weighted by molar-refractivity contribution is -0.132. The van der Waals surface area contributed by atoms with E-state index in [0.717, 1.165) is 10.8 Å². The maximum Gasteiger partial charge on any atom is 0.225 e. The van der Waals surface area contributed by atoms with E-state index < -0.39 is 0 Å². The number of nitrogens with zero attached hydrogens (tertiary/aromatic N) is 2. The predicted molar refractivity (Wildman–Crippen MR) is 87.5 cm³/mol. The third-order valence-electron chi connectivity index (χ3n) is 3.59. The van der Waals surface area contributed by atoms with Gasteiger partial charge in [0, 0.05) is 37.0 Å². The van der Waals surface area contributed by atoms with Crippen LogP contribution in [0.15, 0.2) is 29.4 Å². The first-order valence-electron chi connectivity index (χ1n) is 7.50. The summed E-state index contributed by atoms with van der Waals surface area (Å²) in [7, 11) is 0. The highest BCUT2D eigenvalue weighted by Crippen LogP contribution is 2.25. The van der Waals surface area contributed by atoms with Crippen molar-refractivity contribution >= 4 is 23.6 Å². The summed E-state index contributed by atoms with van der Waals surface area (Å²) in [6.45, 7) is 7.08. The third kappa shape index (κ3) is 4.47. The van der Waals surface area contributed by atoms with Crippen LogP contribution in [-0.2, 0) is 9.59 Å². The number of carbonyl (C=O) groups excluding carboxylic acids is 2. The molecule has 2 amide bonds. The van der Waals surface area contributed by atoms with Gasteiger partial charge >= 0.3 is 0 Å². The van der Waals surface area contributed by atoms with Gasteiger partial charge in [-0.2, -0.15) is 0 Å². The van der Waals surface area contributed by atoms with Crippen molar-refractivity contribution in [2.24, 2.45) is 5.92 Å². The first-order chi connectivity index (χ1) is 10.4. The number of aromatic nitrogens is 1. The normalized spacial score (nSPS) is 18.6. The maximum atomic E-state index is 12.2. The summed E-state index contributed by atoms with van der Waals surface area (Å²) in [6, 6.07) is 5.77. The highest BCUT2D eigenvalue weighted by molar-refractivity contribution is 7.99. The Balaban J connectivity index is 1.73. The Morgan fingerprint density at radius 1 is 1.45 bits per heavy atom. The zero-order valence-corrected chi connectivity index (χ0v) is 14.2. The van der Waals surface area contributed by atoms with E-state index >= 15 is 0 Å². The fraction of sp³-hybridized carbons (Fsp3) is 0.562. The van der Waals surface area contributed by atoms with E-state index in [9.17, 15) is 9.59 Å². The molecule has 6 heteroatoms. The molecular weight excluding hydrogens is 298 g/mol. The largest absolute Gasteiger partial charge is 0.355 e. The molecule has 1 aromatic rings. The van der Waals surface area contributed by atoms with Crippen molar-refractivity contribution in [1.29, 1.82) is 0 Å². The molecule has 2 heterocycles. The molecule has 0 unspecified atom stereocenters. The topological polar surface area (TPSA) is 62.3 Å². The van der Waals surface area contributed by atoms with E-state index in [4.69, 9.17) is 0 Å². The number of amides is 2. The number of nitrogens with one attached hydrogen (secondary N) is 1. The van der Waals surface area contributed by atoms with Crippen LogP contribution in [0.25, 0.3) is 0 Å². The van der Waals surface area contributed by atoms with Crippen molar-refractivity contribution < 1.29 is 9.59 Å². The van der Waals surface area contributed by atoms with Crippen LogP contribution in [0.2, 0.25) is 0 Å². The highest BCUT2D eigenvalue weighted by atomic mass is 32.2. The zero-order chi connectivity index (χ0) is 16.2. The number of rotatable bonds is 5. The quantitative estimate of drug-likeness (QED) is 0.665. The second-order valence-electron chi connectivity index (χ2n) is 6.38. The number of hydrogen-bond acceptors (Lipinski definition) is 4. The summed E-state index contributed by atoms with van der Waals surface area (Å²) < 4.78 is 0.